The minimum absolute atomic E-state index is 0.0408. The van der Waals surface area contributed by atoms with Crippen molar-refractivity contribution in [2.45, 2.75) is 52.5 Å². The van der Waals surface area contributed by atoms with Gasteiger partial charge in [0.05, 0.1) is 5.56 Å². The van der Waals surface area contributed by atoms with Gasteiger partial charge in [0.25, 0.3) is 5.91 Å². The predicted molar refractivity (Wildman–Crippen MR) is 84.2 cm³/mol. The zero-order chi connectivity index (χ0) is 14.8. The van der Waals surface area contributed by atoms with Crippen LogP contribution in [0.1, 0.15) is 55.5 Å². The van der Waals surface area contributed by atoms with Crippen LogP contribution in [0.4, 0.5) is 5.69 Å². The molecule has 0 aromatic heterocycles. The second-order valence-corrected chi connectivity index (χ2v) is 6.71. The fraction of sp³-hybridized carbons (Fsp3) is 0.588. The lowest BCUT2D eigenvalue weighted by molar-refractivity contribution is 0.0910. The van der Waals surface area contributed by atoms with Gasteiger partial charge >= 0.3 is 0 Å². The third-order valence-electron chi connectivity index (χ3n) is 4.36. The maximum atomic E-state index is 12.4. The van der Waals surface area contributed by atoms with Gasteiger partial charge < -0.3 is 10.6 Å². The zero-order valence-electron chi connectivity index (χ0n) is 13.0. The molecule has 1 aromatic rings. The summed E-state index contributed by atoms with van der Waals surface area (Å²) in [7, 11) is 1.86. The number of nitrogens with one attached hydrogen (secondary N) is 2. The van der Waals surface area contributed by atoms with E-state index in [0.717, 1.165) is 29.7 Å². The Morgan fingerprint density at radius 2 is 1.90 bits per heavy atom. The van der Waals surface area contributed by atoms with Gasteiger partial charge in [-0.25, -0.2) is 0 Å². The van der Waals surface area contributed by atoms with Crippen molar-refractivity contribution in [3.8, 4) is 0 Å². The maximum absolute atomic E-state index is 12.4. The number of benzene rings is 1. The van der Waals surface area contributed by atoms with Gasteiger partial charge in [0.1, 0.15) is 0 Å². The van der Waals surface area contributed by atoms with Crippen LogP contribution in [0.3, 0.4) is 0 Å². The van der Waals surface area contributed by atoms with Crippen LogP contribution in [0.15, 0.2) is 18.2 Å². The summed E-state index contributed by atoms with van der Waals surface area (Å²) < 4.78 is 0. The smallest absolute Gasteiger partial charge is 0.253 e. The van der Waals surface area contributed by atoms with Gasteiger partial charge in [0, 0.05) is 18.8 Å². The van der Waals surface area contributed by atoms with Crippen LogP contribution < -0.4 is 10.6 Å². The molecule has 0 heterocycles. The Kier molecular flexibility index (Phi) is 4.36. The molecule has 1 saturated carbocycles. The second-order valence-electron chi connectivity index (χ2n) is 6.71. The summed E-state index contributed by atoms with van der Waals surface area (Å²) in [5, 5.41) is 6.29. The molecule has 0 atom stereocenters. The summed E-state index contributed by atoms with van der Waals surface area (Å²) in [5.41, 5.74) is 3.23. The van der Waals surface area contributed by atoms with Crippen molar-refractivity contribution in [3.63, 3.8) is 0 Å². The summed E-state index contributed by atoms with van der Waals surface area (Å²) in [5.74, 6) is 0.0408. The number of carbonyl (C=O) groups is 1. The highest BCUT2D eigenvalue weighted by Crippen LogP contribution is 2.35. The quantitative estimate of drug-likeness (QED) is 0.881. The van der Waals surface area contributed by atoms with Crippen molar-refractivity contribution in [3.05, 3.63) is 29.3 Å². The highest BCUT2D eigenvalue weighted by atomic mass is 16.1. The molecule has 2 rings (SSSR count). The molecule has 0 bridgehead atoms. The van der Waals surface area contributed by atoms with Gasteiger partial charge in [-0.1, -0.05) is 19.9 Å². The van der Waals surface area contributed by atoms with Gasteiger partial charge in [-0.2, -0.15) is 0 Å². The lowest BCUT2D eigenvalue weighted by Crippen LogP contribution is -2.39. The van der Waals surface area contributed by atoms with Crippen LogP contribution in [0, 0.1) is 12.3 Å². The molecule has 0 unspecified atom stereocenters. The van der Waals surface area contributed by atoms with Crippen LogP contribution in [0.5, 0.6) is 0 Å². The van der Waals surface area contributed by atoms with Crippen molar-refractivity contribution < 1.29 is 4.79 Å². The van der Waals surface area contributed by atoms with E-state index in [1.54, 1.807) is 0 Å². The van der Waals surface area contributed by atoms with Gasteiger partial charge in [0.15, 0.2) is 0 Å². The van der Waals surface area contributed by atoms with E-state index in [9.17, 15) is 4.79 Å². The summed E-state index contributed by atoms with van der Waals surface area (Å²) in [6.45, 7) is 6.65. The lowest BCUT2D eigenvalue weighted by atomic mass is 9.75. The second kappa shape index (κ2) is 5.86. The molecule has 3 heteroatoms. The number of hydrogen-bond donors (Lipinski definition) is 2. The number of hydrogen-bond acceptors (Lipinski definition) is 2. The third-order valence-corrected chi connectivity index (χ3v) is 4.36. The van der Waals surface area contributed by atoms with E-state index in [-0.39, 0.29) is 5.91 Å². The Morgan fingerprint density at radius 3 is 2.50 bits per heavy atom. The van der Waals surface area contributed by atoms with Crippen LogP contribution >= 0.6 is 0 Å². The number of aryl methyl sites for hydroxylation is 1. The molecule has 3 nitrogen and oxygen atoms in total. The SMILES string of the molecule is CNc1cc(C)ccc1C(=O)NC1CCC(C)(C)CC1. The first kappa shape index (κ1) is 14.9. The molecular formula is C17H26N2O. The number of rotatable bonds is 3. The Morgan fingerprint density at radius 1 is 1.25 bits per heavy atom. The first-order valence-corrected chi connectivity index (χ1v) is 7.50. The molecular weight excluding hydrogens is 248 g/mol. The molecule has 1 amide bonds. The van der Waals surface area contributed by atoms with E-state index in [4.69, 9.17) is 0 Å². The molecule has 0 spiro atoms. The monoisotopic (exact) mass is 274 g/mol. The minimum atomic E-state index is 0.0408. The van der Waals surface area contributed by atoms with Crippen molar-refractivity contribution in [2.75, 3.05) is 12.4 Å². The average Bonchev–Trinajstić information content (AvgIpc) is 2.40. The van der Waals surface area contributed by atoms with Crippen molar-refractivity contribution >= 4 is 11.6 Å². The zero-order valence-corrected chi connectivity index (χ0v) is 13.0. The van der Waals surface area contributed by atoms with Gasteiger partial charge in [-0.3, -0.25) is 4.79 Å². The Bertz CT molecular complexity index is 484. The summed E-state index contributed by atoms with van der Waals surface area (Å²) in [6.07, 6.45) is 4.54. The standard InChI is InChI=1S/C17H26N2O/c1-12-5-6-14(15(11-12)18-4)16(20)19-13-7-9-17(2,3)10-8-13/h5-6,11,13,18H,7-10H2,1-4H3,(H,19,20). The van der Waals surface area contributed by atoms with Crippen molar-refractivity contribution in [1.29, 1.82) is 0 Å². The van der Waals surface area contributed by atoms with Crippen LogP contribution in [-0.2, 0) is 0 Å². The molecule has 2 N–H and O–H groups in total. The lowest BCUT2D eigenvalue weighted by Gasteiger charge is -2.34. The predicted octanol–water partition coefficient (Wildman–Crippen LogP) is 3.74. The summed E-state index contributed by atoms with van der Waals surface area (Å²) in [4.78, 5) is 12.4. The number of amides is 1. The van der Waals surface area contributed by atoms with Crippen LogP contribution in [0.25, 0.3) is 0 Å². The van der Waals surface area contributed by atoms with E-state index in [0.29, 0.717) is 11.5 Å². The molecule has 1 aliphatic carbocycles. The van der Waals surface area contributed by atoms with E-state index in [1.165, 1.54) is 12.8 Å². The van der Waals surface area contributed by atoms with Gasteiger partial charge in [-0.15, -0.1) is 0 Å². The normalized spacial score (nSPS) is 18.6. The minimum Gasteiger partial charge on any atom is -0.387 e. The number of carbonyl (C=O) groups excluding carboxylic acids is 1. The van der Waals surface area contributed by atoms with Gasteiger partial charge in [-0.05, 0) is 55.7 Å². The highest BCUT2D eigenvalue weighted by Gasteiger charge is 2.28. The molecule has 0 aliphatic heterocycles. The number of anilines is 1. The molecule has 1 aromatic carbocycles. The Hall–Kier alpha value is -1.51. The van der Waals surface area contributed by atoms with E-state index >= 15 is 0 Å². The average molecular weight is 274 g/mol. The Labute approximate surface area is 122 Å². The topological polar surface area (TPSA) is 41.1 Å². The molecule has 20 heavy (non-hydrogen) atoms. The maximum Gasteiger partial charge on any atom is 0.253 e. The molecule has 0 saturated heterocycles. The fourth-order valence-electron chi connectivity index (χ4n) is 2.87. The largest absolute Gasteiger partial charge is 0.387 e. The summed E-state index contributed by atoms with van der Waals surface area (Å²) >= 11 is 0. The summed E-state index contributed by atoms with van der Waals surface area (Å²) in [6, 6.07) is 6.23. The van der Waals surface area contributed by atoms with Gasteiger partial charge in [0.2, 0.25) is 0 Å². The van der Waals surface area contributed by atoms with Crippen LogP contribution in [-0.4, -0.2) is 19.0 Å². The van der Waals surface area contributed by atoms with E-state index in [2.05, 4.69) is 24.5 Å². The fourth-order valence-corrected chi connectivity index (χ4v) is 2.87. The van der Waals surface area contributed by atoms with E-state index in [1.807, 2.05) is 32.2 Å². The first-order chi connectivity index (χ1) is 9.41. The molecule has 1 fully saturated rings. The van der Waals surface area contributed by atoms with Crippen LogP contribution in [0.2, 0.25) is 0 Å². The Balaban J connectivity index is 2.02. The van der Waals surface area contributed by atoms with Crippen molar-refractivity contribution in [2.24, 2.45) is 5.41 Å². The molecule has 110 valence electrons. The molecule has 1 aliphatic rings. The van der Waals surface area contributed by atoms with E-state index < -0.39 is 0 Å². The van der Waals surface area contributed by atoms with Crippen molar-refractivity contribution in [1.82, 2.24) is 5.32 Å². The molecule has 0 radical (unpaired) electrons. The third kappa shape index (κ3) is 3.53. The highest BCUT2D eigenvalue weighted by molar-refractivity contribution is 5.99. The first-order valence-electron chi connectivity index (χ1n) is 7.50.